The van der Waals surface area contributed by atoms with Crippen LogP contribution in [0.15, 0.2) is 72.8 Å². The summed E-state index contributed by atoms with van der Waals surface area (Å²) in [5, 5.41) is 8.76. The molecule has 0 bridgehead atoms. The van der Waals surface area contributed by atoms with Crippen LogP contribution in [-0.4, -0.2) is 9.97 Å². The molecule has 2 aromatic heterocycles. The second-order valence-corrected chi connectivity index (χ2v) is 7.69. The van der Waals surface area contributed by atoms with Crippen molar-refractivity contribution in [3.05, 3.63) is 78.4 Å². The van der Waals surface area contributed by atoms with Gasteiger partial charge >= 0.3 is 0 Å². The molecule has 0 fully saturated rings. The van der Waals surface area contributed by atoms with Crippen molar-refractivity contribution in [2.24, 2.45) is 0 Å². The Kier molecular flexibility index (Phi) is 2.54. The van der Waals surface area contributed by atoms with Crippen molar-refractivity contribution in [1.82, 2.24) is 9.97 Å². The molecule has 0 amide bonds. The molecular formula is C25H17N3. The monoisotopic (exact) mass is 359 g/mol. The predicted molar refractivity (Wildman–Crippen MR) is 118 cm³/mol. The minimum Gasteiger partial charge on any atom is -0.380 e. The van der Waals surface area contributed by atoms with E-state index in [2.05, 4.69) is 88.1 Å². The van der Waals surface area contributed by atoms with Crippen LogP contribution < -0.4 is 5.32 Å². The number of aromatic nitrogens is 2. The van der Waals surface area contributed by atoms with Crippen LogP contribution in [0.25, 0.3) is 54.7 Å². The van der Waals surface area contributed by atoms with Crippen LogP contribution in [0.2, 0.25) is 0 Å². The van der Waals surface area contributed by atoms with Gasteiger partial charge in [0, 0.05) is 61.4 Å². The first-order chi connectivity index (χ1) is 13.8. The predicted octanol–water partition coefficient (Wildman–Crippen LogP) is 6.55. The number of benzene rings is 4. The maximum Gasteiger partial charge on any atom is 0.0486 e. The van der Waals surface area contributed by atoms with Crippen LogP contribution in [0.3, 0.4) is 0 Å². The second kappa shape index (κ2) is 4.96. The summed E-state index contributed by atoms with van der Waals surface area (Å²) in [5.74, 6) is 0. The van der Waals surface area contributed by atoms with Gasteiger partial charge in [0.25, 0.3) is 0 Å². The van der Waals surface area contributed by atoms with Crippen LogP contribution in [0.4, 0.5) is 5.69 Å². The molecule has 1 aliphatic heterocycles. The first-order valence-corrected chi connectivity index (χ1v) is 9.67. The Morgan fingerprint density at radius 3 is 1.86 bits per heavy atom. The highest BCUT2D eigenvalue weighted by Crippen LogP contribution is 2.42. The van der Waals surface area contributed by atoms with Gasteiger partial charge in [0.2, 0.25) is 0 Å². The fourth-order valence-corrected chi connectivity index (χ4v) is 4.80. The minimum absolute atomic E-state index is 0.847. The average Bonchev–Trinajstić information content (AvgIpc) is 3.28. The van der Waals surface area contributed by atoms with E-state index in [4.69, 9.17) is 0 Å². The van der Waals surface area contributed by atoms with Crippen molar-refractivity contribution in [2.45, 2.75) is 6.54 Å². The lowest BCUT2D eigenvalue weighted by atomic mass is 9.91. The van der Waals surface area contributed by atoms with E-state index in [0.29, 0.717) is 0 Å². The van der Waals surface area contributed by atoms with Crippen LogP contribution in [0.1, 0.15) is 5.56 Å². The van der Waals surface area contributed by atoms with Crippen LogP contribution in [0, 0.1) is 0 Å². The second-order valence-electron chi connectivity index (χ2n) is 7.69. The Balaban J connectivity index is 1.58. The standard InChI is InChI=1S/C25H17N3/c1-3-7-21-15(5-1)18-10-17-14(9-24(18)27-21)13-26-23-12-25-19(11-20(17)23)16-6-2-4-8-22(16)28-25/h1-12,26-28H,13H2. The van der Waals surface area contributed by atoms with Gasteiger partial charge in [-0.1, -0.05) is 36.4 Å². The Bertz CT molecular complexity index is 1450. The zero-order chi connectivity index (χ0) is 18.2. The van der Waals surface area contributed by atoms with Crippen molar-refractivity contribution in [3.63, 3.8) is 0 Å². The number of para-hydroxylation sites is 2. The summed E-state index contributed by atoms with van der Waals surface area (Å²) in [6, 6.07) is 26.3. The first-order valence-electron chi connectivity index (χ1n) is 9.67. The van der Waals surface area contributed by atoms with Crippen molar-refractivity contribution < 1.29 is 0 Å². The van der Waals surface area contributed by atoms with Crippen molar-refractivity contribution >= 4 is 49.3 Å². The van der Waals surface area contributed by atoms with E-state index in [1.54, 1.807) is 0 Å². The highest BCUT2D eigenvalue weighted by molar-refractivity contribution is 6.13. The summed E-state index contributed by atoms with van der Waals surface area (Å²) in [6.07, 6.45) is 0. The summed E-state index contributed by atoms with van der Waals surface area (Å²) in [7, 11) is 0. The van der Waals surface area contributed by atoms with Gasteiger partial charge in [0.05, 0.1) is 0 Å². The zero-order valence-corrected chi connectivity index (χ0v) is 15.1. The average molecular weight is 359 g/mol. The number of hydrogen-bond acceptors (Lipinski definition) is 1. The van der Waals surface area contributed by atoms with Gasteiger partial charge in [-0.05, 0) is 47.5 Å². The number of hydrogen-bond donors (Lipinski definition) is 3. The highest BCUT2D eigenvalue weighted by Gasteiger charge is 2.19. The van der Waals surface area contributed by atoms with Crippen molar-refractivity contribution in [3.8, 4) is 11.1 Å². The molecule has 7 rings (SSSR count). The number of H-pyrrole nitrogens is 2. The van der Waals surface area contributed by atoms with Crippen molar-refractivity contribution in [2.75, 3.05) is 5.32 Å². The molecule has 4 aromatic carbocycles. The van der Waals surface area contributed by atoms with E-state index in [9.17, 15) is 0 Å². The third-order valence-corrected chi connectivity index (χ3v) is 6.13. The van der Waals surface area contributed by atoms with Crippen LogP contribution in [-0.2, 0) is 6.54 Å². The molecule has 0 spiro atoms. The number of aromatic amines is 2. The summed E-state index contributed by atoms with van der Waals surface area (Å²) < 4.78 is 0. The lowest BCUT2D eigenvalue weighted by molar-refractivity contribution is 1.13. The molecule has 132 valence electrons. The quantitative estimate of drug-likeness (QED) is 0.283. The Hall–Kier alpha value is -3.72. The highest BCUT2D eigenvalue weighted by atomic mass is 14.9. The van der Waals surface area contributed by atoms with E-state index in [-0.39, 0.29) is 0 Å². The molecule has 3 N–H and O–H groups in total. The summed E-state index contributed by atoms with van der Waals surface area (Å²) in [4.78, 5) is 7.13. The normalized spacial score (nSPS) is 13.1. The lowest BCUT2D eigenvalue weighted by Gasteiger charge is -2.22. The molecule has 0 saturated carbocycles. The Morgan fingerprint density at radius 1 is 0.536 bits per heavy atom. The van der Waals surface area contributed by atoms with Crippen LogP contribution in [0.5, 0.6) is 0 Å². The molecular weight excluding hydrogens is 342 g/mol. The largest absolute Gasteiger partial charge is 0.380 e. The van der Waals surface area contributed by atoms with E-state index in [1.807, 2.05) is 0 Å². The van der Waals surface area contributed by atoms with Gasteiger partial charge in [0.15, 0.2) is 0 Å². The van der Waals surface area contributed by atoms with E-state index in [0.717, 1.165) is 6.54 Å². The number of anilines is 1. The van der Waals surface area contributed by atoms with E-state index in [1.165, 1.54) is 66.0 Å². The van der Waals surface area contributed by atoms with Gasteiger partial charge in [-0.2, -0.15) is 0 Å². The number of rotatable bonds is 0. The SMILES string of the molecule is c1ccc2c(c1)[nH]c1cc3c(cc12)-c1cc2c(cc1NC3)[nH]c1ccccc12. The molecule has 1 aliphatic rings. The molecule has 0 aliphatic carbocycles. The Morgan fingerprint density at radius 2 is 1.14 bits per heavy atom. The van der Waals surface area contributed by atoms with Gasteiger partial charge in [-0.25, -0.2) is 0 Å². The molecule has 6 aromatic rings. The smallest absolute Gasteiger partial charge is 0.0486 e. The van der Waals surface area contributed by atoms with Gasteiger partial charge in [-0.3, -0.25) is 0 Å². The third kappa shape index (κ3) is 1.78. The molecule has 28 heavy (non-hydrogen) atoms. The zero-order valence-electron chi connectivity index (χ0n) is 15.1. The lowest BCUT2D eigenvalue weighted by Crippen LogP contribution is -2.08. The first kappa shape index (κ1) is 14.4. The molecule has 0 atom stereocenters. The molecule has 0 saturated heterocycles. The number of fused-ring (bicyclic) bond motifs is 9. The molecule has 0 radical (unpaired) electrons. The van der Waals surface area contributed by atoms with E-state index >= 15 is 0 Å². The van der Waals surface area contributed by atoms with Crippen LogP contribution >= 0.6 is 0 Å². The number of nitrogens with one attached hydrogen (secondary N) is 3. The summed E-state index contributed by atoms with van der Waals surface area (Å²) >= 11 is 0. The minimum atomic E-state index is 0.847. The molecule has 0 unspecified atom stereocenters. The summed E-state index contributed by atoms with van der Waals surface area (Å²) in [6.45, 7) is 0.847. The fourth-order valence-electron chi connectivity index (χ4n) is 4.80. The summed E-state index contributed by atoms with van der Waals surface area (Å²) in [5.41, 5.74) is 9.93. The van der Waals surface area contributed by atoms with Gasteiger partial charge in [-0.15, -0.1) is 0 Å². The molecule has 3 nitrogen and oxygen atoms in total. The van der Waals surface area contributed by atoms with Gasteiger partial charge < -0.3 is 15.3 Å². The maximum atomic E-state index is 3.62. The Labute approximate surface area is 161 Å². The topological polar surface area (TPSA) is 43.6 Å². The third-order valence-electron chi connectivity index (χ3n) is 6.13. The van der Waals surface area contributed by atoms with Gasteiger partial charge in [0.1, 0.15) is 0 Å². The van der Waals surface area contributed by atoms with Crippen molar-refractivity contribution in [1.29, 1.82) is 0 Å². The van der Waals surface area contributed by atoms with E-state index < -0.39 is 0 Å². The molecule has 3 heterocycles. The fraction of sp³-hybridized carbons (Fsp3) is 0.0400. The molecule has 3 heteroatoms. The maximum absolute atomic E-state index is 3.62.